The minimum Gasteiger partial charge on any atom is -0.287 e. The smallest absolute Gasteiger partial charge is 0.213 e. The summed E-state index contributed by atoms with van der Waals surface area (Å²) in [5.74, 6) is -0.241. The van der Waals surface area contributed by atoms with Crippen molar-refractivity contribution in [2.24, 2.45) is 0 Å². The maximum absolute atomic E-state index is 12.2. The second kappa shape index (κ2) is 5.83. The topological polar surface area (TPSA) is 40.9 Å². The Morgan fingerprint density at radius 1 is 1.42 bits per heavy atom. The van der Waals surface area contributed by atoms with Gasteiger partial charge in [-0.05, 0) is 47.7 Å². The SMILES string of the molecule is Cc1ccsc1C(=O)/C(C#N)=C/c1cccc(Cl)c1. The standard InChI is InChI=1S/C15H10ClNOS/c1-10-5-6-19-15(10)14(18)12(9-17)7-11-3-2-4-13(16)8-11/h2-8H,1H3/b12-7+. The molecule has 0 aliphatic heterocycles. The molecular weight excluding hydrogens is 278 g/mol. The zero-order valence-electron chi connectivity index (χ0n) is 10.2. The number of nitriles is 1. The quantitative estimate of drug-likeness (QED) is 0.474. The van der Waals surface area contributed by atoms with Gasteiger partial charge in [-0.15, -0.1) is 11.3 Å². The molecule has 0 unspecified atom stereocenters. The van der Waals surface area contributed by atoms with Crippen LogP contribution in [0.2, 0.25) is 5.02 Å². The number of thiophene rings is 1. The average Bonchev–Trinajstić information content (AvgIpc) is 2.81. The molecule has 19 heavy (non-hydrogen) atoms. The Labute approximate surface area is 120 Å². The van der Waals surface area contributed by atoms with Crippen molar-refractivity contribution in [1.82, 2.24) is 0 Å². The van der Waals surface area contributed by atoms with E-state index < -0.39 is 0 Å². The predicted octanol–water partition coefficient (Wildman–Crippen LogP) is 4.50. The van der Waals surface area contributed by atoms with Gasteiger partial charge < -0.3 is 0 Å². The molecule has 1 heterocycles. The van der Waals surface area contributed by atoms with E-state index in [0.717, 1.165) is 11.1 Å². The number of aryl methyl sites for hydroxylation is 1. The second-order valence-corrected chi connectivity index (χ2v) is 5.34. The Kier molecular flexibility index (Phi) is 4.16. The minimum atomic E-state index is -0.241. The summed E-state index contributed by atoms with van der Waals surface area (Å²) in [6, 6.07) is 10.9. The van der Waals surface area contributed by atoms with Crippen LogP contribution in [0, 0.1) is 18.3 Å². The number of carbonyl (C=O) groups excluding carboxylic acids is 1. The molecule has 2 nitrogen and oxygen atoms in total. The molecule has 0 amide bonds. The van der Waals surface area contributed by atoms with Crippen LogP contribution in [0.1, 0.15) is 20.8 Å². The van der Waals surface area contributed by atoms with Crippen molar-refractivity contribution in [2.45, 2.75) is 6.92 Å². The third-order valence-electron chi connectivity index (χ3n) is 2.59. The van der Waals surface area contributed by atoms with Gasteiger partial charge in [-0.2, -0.15) is 5.26 Å². The summed E-state index contributed by atoms with van der Waals surface area (Å²) in [5, 5.41) is 11.6. The highest BCUT2D eigenvalue weighted by Crippen LogP contribution is 2.21. The largest absolute Gasteiger partial charge is 0.287 e. The van der Waals surface area contributed by atoms with Crippen LogP contribution in [0.15, 0.2) is 41.3 Å². The zero-order valence-corrected chi connectivity index (χ0v) is 11.8. The molecule has 0 bridgehead atoms. The lowest BCUT2D eigenvalue weighted by Crippen LogP contribution is -2.00. The van der Waals surface area contributed by atoms with Gasteiger partial charge in [-0.3, -0.25) is 4.79 Å². The molecular formula is C15H10ClNOS. The molecule has 0 N–H and O–H groups in total. The Morgan fingerprint density at radius 3 is 2.79 bits per heavy atom. The van der Waals surface area contributed by atoms with E-state index in [0.29, 0.717) is 9.90 Å². The zero-order chi connectivity index (χ0) is 13.8. The van der Waals surface area contributed by atoms with Crippen molar-refractivity contribution < 1.29 is 4.79 Å². The summed E-state index contributed by atoms with van der Waals surface area (Å²) < 4.78 is 0. The van der Waals surface area contributed by atoms with Crippen molar-refractivity contribution in [3.8, 4) is 6.07 Å². The monoisotopic (exact) mass is 287 g/mol. The van der Waals surface area contributed by atoms with Crippen molar-refractivity contribution in [3.63, 3.8) is 0 Å². The molecule has 2 rings (SSSR count). The van der Waals surface area contributed by atoms with Gasteiger partial charge in [0.2, 0.25) is 5.78 Å². The normalized spacial score (nSPS) is 11.1. The number of ketones is 1. The van der Waals surface area contributed by atoms with Crippen LogP contribution in [0.3, 0.4) is 0 Å². The van der Waals surface area contributed by atoms with E-state index in [-0.39, 0.29) is 11.4 Å². The van der Waals surface area contributed by atoms with Crippen molar-refractivity contribution >= 4 is 34.8 Å². The van der Waals surface area contributed by atoms with E-state index in [2.05, 4.69) is 0 Å². The molecule has 0 atom stereocenters. The molecule has 0 spiro atoms. The number of nitrogens with zero attached hydrogens (tertiary/aromatic N) is 1. The molecule has 0 saturated carbocycles. The average molecular weight is 288 g/mol. The lowest BCUT2D eigenvalue weighted by atomic mass is 10.1. The van der Waals surface area contributed by atoms with Crippen LogP contribution in [-0.4, -0.2) is 5.78 Å². The number of benzene rings is 1. The summed E-state index contributed by atoms with van der Waals surface area (Å²) in [6.45, 7) is 1.86. The van der Waals surface area contributed by atoms with E-state index in [1.54, 1.807) is 30.3 Å². The van der Waals surface area contributed by atoms with Gasteiger partial charge in [-0.1, -0.05) is 23.7 Å². The van der Waals surface area contributed by atoms with Crippen molar-refractivity contribution in [1.29, 1.82) is 5.26 Å². The number of rotatable bonds is 3. The van der Waals surface area contributed by atoms with Gasteiger partial charge in [0.05, 0.1) is 4.88 Å². The Balaban J connectivity index is 2.39. The molecule has 94 valence electrons. The molecule has 0 radical (unpaired) electrons. The first-order valence-electron chi connectivity index (χ1n) is 5.58. The molecule has 2 aromatic rings. The van der Waals surface area contributed by atoms with E-state index in [1.165, 1.54) is 11.3 Å². The first kappa shape index (κ1) is 13.5. The van der Waals surface area contributed by atoms with Crippen LogP contribution >= 0.6 is 22.9 Å². The summed E-state index contributed by atoms with van der Waals surface area (Å²) in [5.41, 5.74) is 1.75. The first-order valence-corrected chi connectivity index (χ1v) is 6.83. The molecule has 4 heteroatoms. The fourth-order valence-electron chi connectivity index (χ4n) is 1.64. The fraction of sp³-hybridized carbons (Fsp3) is 0.0667. The number of Topliss-reactive ketones (excluding diaryl/α,β-unsaturated/α-hetero) is 1. The minimum absolute atomic E-state index is 0.118. The second-order valence-electron chi connectivity index (χ2n) is 3.99. The molecule has 0 fully saturated rings. The maximum atomic E-state index is 12.2. The fourth-order valence-corrected chi connectivity index (χ4v) is 2.72. The lowest BCUT2D eigenvalue weighted by Gasteiger charge is -1.99. The van der Waals surface area contributed by atoms with Gasteiger partial charge in [0.1, 0.15) is 11.6 Å². The third-order valence-corrected chi connectivity index (χ3v) is 3.84. The van der Waals surface area contributed by atoms with Gasteiger partial charge in [0.15, 0.2) is 0 Å². The van der Waals surface area contributed by atoms with Gasteiger partial charge in [0.25, 0.3) is 0 Å². The Morgan fingerprint density at radius 2 is 2.21 bits per heavy atom. The number of hydrogen-bond donors (Lipinski definition) is 0. The Hall–Kier alpha value is -1.89. The van der Waals surface area contributed by atoms with Gasteiger partial charge >= 0.3 is 0 Å². The van der Waals surface area contributed by atoms with E-state index in [9.17, 15) is 4.79 Å². The predicted molar refractivity (Wildman–Crippen MR) is 78.4 cm³/mol. The highest BCUT2D eigenvalue weighted by Gasteiger charge is 2.15. The number of halogens is 1. The van der Waals surface area contributed by atoms with Crippen LogP contribution in [0.5, 0.6) is 0 Å². The molecule has 0 saturated heterocycles. The van der Waals surface area contributed by atoms with E-state index in [1.807, 2.05) is 24.4 Å². The maximum Gasteiger partial charge on any atom is 0.213 e. The molecule has 1 aromatic heterocycles. The highest BCUT2D eigenvalue weighted by atomic mass is 35.5. The van der Waals surface area contributed by atoms with E-state index in [4.69, 9.17) is 16.9 Å². The number of allylic oxidation sites excluding steroid dienone is 1. The summed E-state index contributed by atoms with van der Waals surface area (Å²) >= 11 is 7.23. The highest BCUT2D eigenvalue weighted by molar-refractivity contribution is 7.12. The van der Waals surface area contributed by atoms with Crippen LogP contribution in [-0.2, 0) is 0 Å². The summed E-state index contributed by atoms with van der Waals surface area (Å²) in [6.07, 6.45) is 1.56. The lowest BCUT2D eigenvalue weighted by molar-refractivity contribution is 0.104. The Bertz CT molecular complexity index is 694. The van der Waals surface area contributed by atoms with E-state index >= 15 is 0 Å². The number of hydrogen-bond acceptors (Lipinski definition) is 3. The molecule has 0 aliphatic carbocycles. The molecule has 0 aliphatic rings. The van der Waals surface area contributed by atoms with Crippen molar-refractivity contribution in [3.05, 3.63) is 62.3 Å². The summed E-state index contributed by atoms with van der Waals surface area (Å²) in [4.78, 5) is 12.8. The van der Waals surface area contributed by atoms with Gasteiger partial charge in [-0.25, -0.2) is 0 Å². The number of carbonyl (C=O) groups is 1. The van der Waals surface area contributed by atoms with Crippen LogP contribution < -0.4 is 0 Å². The van der Waals surface area contributed by atoms with Crippen molar-refractivity contribution in [2.75, 3.05) is 0 Å². The molecule has 1 aromatic carbocycles. The summed E-state index contributed by atoms with van der Waals surface area (Å²) in [7, 11) is 0. The van der Waals surface area contributed by atoms with Crippen LogP contribution in [0.25, 0.3) is 6.08 Å². The third kappa shape index (κ3) is 3.11. The van der Waals surface area contributed by atoms with Crippen LogP contribution in [0.4, 0.5) is 0 Å². The first-order chi connectivity index (χ1) is 9.11. The van der Waals surface area contributed by atoms with Gasteiger partial charge in [0, 0.05) is 5.02 Å².